The van der Waals surface area contributed by atoms with Crippen molar-refractivity contribution in [1.29, 1.82) is 0 Å². The molecular weight excluding hydrogens is 284 g/mol. The first kappa shape index (κ1) is 13.9. The van der Waals surface area contributed by atoms with E-state index in [1.165, 1.54) is 0 Å². The normalized spacial score (nSPS) is 10.0. The molecule has 0 unspecified atom stereocenters. The zero-order valence-electron chi connectivity index (χ0n) is 9.74. The largest absolute Gasteiger partial charge is 0.466 e. The number of aldehydes is 1. The van der Waals surface area contributed by atoms with Crippen LogP contribution in [0.4, 0.5) is 0 Å². The van der Waals surface area contributed by atoms with E-state index in [0.717, 1.165) is 21.9 Å². The maximum absolute atomic E-state index is 11.4. The Morgan fingerprint density at radius 2 is 2.12 bits per heavy atom. The van der Waals surface area contributed by atoms with Crippen molar-refractivity contribution in [1.82, 2.24) is 0 Å². The first-order valence-corrected chi connectivity index (χ1v) is 6.33. The van der Waals surface area contributed by atoms with Crippen LogP contribution in [-0.4, -0.2) is 18.9 Å². The van der Waals surface area contributed by atoms with Gasteiger partial charge in [-0.2, -0.15) is 0 Å². The highest BCUT2D eigenvalue weighted by Gasteiger charge is 2.10. The lowest BCUT2D eigenvalue weighted by Crippen LogP contribution is -2.08. The smallest absolute Gasteiger partial charge is 0.310 e. The molecule has 0 aliphatic heterocycles. The predicted molar refractivity (Wildman–Crippen MR) is 68.9 cm³/mol. The van der Waals surface area contributed by atoms with Gasteiger partial charge in [0.15, 0.2) is 0 Å². The number of hydrogen-bond donors (Lipinski definition) is 0. The van der Waals surface area contributed by atoms with Gasteiger partial charge in [-0.15, -0.1) is 0 Å². The van der Waals surface area contributed by atoms with Gasteiger partial charge in [-0.05, 0) is 24.5 Å². The van der Waals surface area contributed by atoms with Crippen LogP contribution in [0.1, 0.15) is 24.5 Å². The zero-order valence-corrected chi connectivity index (χ0v) is 11.3. The topological polar surface area (TPSA) is 43.4 Å². The highest BCUT2D eigenvalue weighted by atomic mass is 79.9. The van der Waals surface area contributed by atoms with Crippen molar-refractivity contribution >= 4 is 28.2 Å². The summed E-state index contributed by atoms with van der Waals surface area (Å²) < 4.78 is 5.80. The van der Waals surface area contributed by atoms with Crippen LogP contribution in [0.2, 0.25) is 0 Å². The Morgan fingerprint density at radius 1 is 1.41 bits per heavy atom. The minimum atomic E-state index is -0.235. The van der Waals surface area contributed by atoms with Crippen LogP contribution in [0.15, 0.2) is 22.7 Å². The monoisotopic (exact) mass is 298 g/mol. The summed E-state index contributed by atoms with van der Waals surface area (Å²) in [6.45, 7) is 2.18. The van der Waals surface area contributed by atoms with Crippen molar-refractivity contribution in [3.8, 4) is 0 Å². The van der Waals surface area contributed by atoms with Gasteiger partial charge in [0, 0.05) is 10.9 Å². The van der Waals surface area contributed by atoms with Gasteiger partial charge in [0.2, 0.25) is 0 Å². The average Bonchev–Trinajstić information content (AvgIpc) is 2.30. The van der Waals surface area contributed by atoms with Crippen LogP contribution >= 0.6 is 15.9 Å². The first-order valence-electron chi connectivity index (χ1n) is 5.54. The molecule has 0 radical (unpaired) electrons. The quantitative estimate of drug-likeness (QED) is 0.599. The van der Waals surface area contributed by atoms with Gasteiger partial charge in [0.05, 0.1) is 13.0 Å². The van der Waals surface area contributed by atoms with Crippen LogP contribution in [0.5, 0.6) is 0 Å². The summed E-state index contributed by atoms with van der Waals surface area (Å²) in [5.41, 5.74) is 1.94. The third kappa shape index (κ3) is 4.30. The highest BCUT2D eigenvalue weighted by molar-refractivity contribution is 9.10. The van der Waals surface area contributed by atoms with Gasteiger partial charge in [-0.1, -0.05) is 34.1 Å². The van der Waals surface area contributed by atoms with Gasteiger partial charge in [0.1, 0.15) is 6.29 Å². The van der Waals surface area contributed by atoms with E-state index >= 15 is 0 Å². The Balaban J connectivity index is 2.78. The number of hydrogen-bond acceptors (Lipinski definition) is 3. The molecular formula is C13H15BrO3. The van der Waals surface area contributed by atoms with Crippen molar-refractivity contribution in [2.45, 2.75) is 26.2 Å². The van der Waals surface area contributed by atoms with E-state index in [1.807, 2.05) is 18.2 Å². The molecule has 0 heterocycles. The van der Waals surface area contributed by atoms with Gasteiger partial charge >= 0.3 is 5.97 Å². The molecule has 1 aromatic rings. The summed E-state index contributed by atoms with van der Waals surface area (Å²) in [7, 11) is 0. The fraction of sp³-hybridized carbons (Fsp3) is 0.385. The number of rotatable bonds is 6. The van der Waals surface area contributed by atoms with E-state index in [1.54, 1.807) is 6.92 Å². The molecule has 0 fully saturated rings. The van der Waals surface area contributed by atoms with Crippen molar-refractivity contribution < 1.29 is 14.3 Å². The molecule has 0 atom stereocenters. The molecule has 4 heteroatoms. The Morgan fingerprint density at radius 3 is 2.76 bits per heavy atom. The Labute approximate surface area is 109 Å². The second-order valence-electron chi connectivity index (χ2n) is 3.58. The van der Waals surface area contributed by atoms with Gasteiger partial charge < -0.3 is 9.53 Å². The predicted octanol–water partition coefficient (Wildman–Crippen LogP) is 2.69. The molecule has 0 bridgehead atoms. The Hall–Kier alpha value is -1.16. The lowest BCUT2D eigenvalue weighted by Gasteiger charge is -2.08. The number of carbonyl (C=O) groups excluding carboxylic acids is 2. The van der Waals surface area contributed by atoms with E-state index in [0.29, 0.717) is 19.4 Å². The third-order valence-corrected chi connectivity index (χ3v) is 3.35. The van der Waals surface area contributed by atoms with Gasteiger partial charge in [-0.25, -0.2) is 0 Å². The van der Waals surface area contributed by atoms with E-state index < -0.39 is 0 Å². The molecule has 0 aromatic heterocycles. The molecule has 1 aromatic carbocycles. The molecule has 0 amide bonds. The molecule has 0 aliphatic rings. The Kier molecular flexibility index (Phi) is 5.91. The number of halogens is 1. The van der Waals surface area contributed by atoms with E-state index in [2.05, 4.69) is 15.9 Å². The fourth-order valence-electron chi connectivity index (χ4n) is 1.54. The summed E-state index contributed by atoms with van der Waals surface area (Å²) >= 11 is 3.47. The standard InChI is InChI=1S/C13H15BrO3/c1-2-17-12(16)9-11-6-3-5-10(13(11)14)7-4-8-15/h3,5-6,8H,2,4,7,9H2,1H3. The number of carbonyl (C=O) groups is 2. The highest BCUT2D eigenvalue weighted by Crippen LogP contribution is 2.23. The van der Waals surface area contributed by atoms with Crippen LogP contribution in [-0.2, 0) is 27.2 Å². The lowest BCUT2D eigenvalue weighted by atomic mass is 10.0. The fourth-order valence-corrected chi connectivity index (χ4v) is 2.15. The van der Waals surface area contributed by atoms with E-state index in [4.69, 9.17) is 4.74 Å². The molecule has 0 spiro atoms. The molecule has 0 saturated heterocycles. The van der Waals surface area contributed by atoms with Crippen LogP contribution in [0, 0.1) is 0 Å². The number of benzene rings is 1. The van der Waals surface area contributed by atoms with Crippen molar-refractivity contribution in [2.24, 2.45) is 0 Å². The summed E-state index contributed by atoms with van der Waals surface area (Å²) in [5.74, 6) is -0.235. The first-order chi connectivity index (χ1) is 8.19. The molecule has 0 N–H and O–H groups in total. The molecule has 0 saturated carbocycles. The zero-order chi connectivity index (χ0) is 12.7. The molecule has 92 valence electrons. The molecule has 17 heavy (non-hydrogen) atoms. The third-order valence-electron chi connectivity index (χ3n) is 2.33. The minimum absolute atomic E-state index is 0.235. The van der Waals surface area contributed by atoms with Crippen LogP contribution in [0.3, 0.4) is 0 Å². The van der Waals surface area contributed by atoms with E-state index in [9.17, 15) is 9.59 Å². The molecule has 1 rings (SSSR count). The maximum atomic E-state index is 11.4. The lowest BCUT2D eigenvalue weighted by molar-refractivity contribution is -0.142. The number of esters is 1. The van der Waals surface area contributed by atoms with Crippen molar-refractivity contribution in [3.05, 3.63) is 33.8 Å². The van der Waals surface area contributed by atoms with Crippen LogP contribution < -0.4 is 0 Å². The second-order valence-corrected chi connectivity index (χ2v) is 4.37. The van der Waals surface area contributed by atoms with Gasteiger partial charge in [0.25, 0.3) is 0 Å². The van der Waals surface area contributed by atoms with Crippen molar-refractivity contribution in [2.75, 3.05) is 6.61 Å². The van der Waals surface area contributed by atoms with Crippen molar-refractivity contribution in [3.63, 3.8) is 0 Å². The van der Waals surface area contributed by atoms with Crippen LogP contribution in [0.25, 0.3) is 0 Å². The summed E-state index contributed by atoms with van der Waals surface area (Å²) in [6, 6.07) is 5.72. The number of ether oxygens (including phenoxy) is 1. The summed E-state index contributed by atoms with van der Waals surface area (Å²) in [5, 5.41) is 0. The molecule has 0 aliphatic carbocycles. The SMILES string of the molecule is CCOC(=O)Cc1cccc(CCC=O)c1Br. The minimum Gasteiger partial charge on any atom is -0.466 e. The van der Waals surface area contributed by atoms with E-state index in [-0.39, 0.29) is 12.4 Å². The summed E-state index contributed by atoms with van der Waals surface area (Å²) in [4.78, 5) is 21.7. The molecule has 3 nitrogen and oxygen atoms in total. The number of aryl methyl sites for hydroxylation is 1. The summed E-state index contributed by atoms with van der Waals surface area (Å²) in [6.07, 6.45) is 2.32. The van der Waals surface area contributed by atoms with Gasteiger partial charge in [-0.3, -0.25) is 4.79 Å². The maximum Gasteiger partial charge on any atom is 0.310 e. The second kappa shape index (κ2) is 7.22. The average molecular weight is 299 g/mol. The Bertz CT molecular complexity index is 402.